The van der Waals surface area contributed by atoms with Crippen LogP contribution in [0.25, 0.3) is 5.57 Å². The minimum Gasteiger partial charge on any atom is -0.477 e. The first-order valence-electron chi connectivity index (χ1n) is 14.2. The molecule has 0 spiro atoms. The second-order valence-electron chi connectivity index (χ2n) is 10.2. The van der Waals surface area contributed by atoms with Gasteiger partial charge >= 0.3 is 12.1 Å². The number of allylic oxidation sites excluding steroid dienone is 2. The van der Waals surface area contributed by atoms with Gasteiger partial charge in [0.2, 0.25) is 0 Å². The number of unbranched alkanes of at least 4 members (excludes halogenated alkanes) is 7. The van der Waals surface area contributed by atoms with E-state index in [-0.39, 0.29) is 11.7 Å². The molecule has 0 saturated heterocycles. The van der Waals surface area contributed by atoms with Gasteiger partial charge in [0.15, 0.2) is 0 Å². The number of aromatic carboxylic acids is 1. The first-order chi connectivity index (χ1) is 19.6. The largest absolute Gasteiger partial charge is 0.477 e. The van der Waals surface area contributed by atoms with Crippen molar-refractivity contribution in [1.82, 2.24) is 4.98 Å². The Balaban J connectivity index is 0.000000298. The number of hydrogen-bond acceptors (Lipinski definition) is 3. The molecule has 41 heavy (non-hydrogen) atoms. The van der Waals surface area contributed by atoms with Crippen molar-refractivity contribution in [2.45, 2.75) is 77.3 Å². The molecule has 0 aliphatic heterocycles. The van der Waals surface area contributed by atoms with Gasteiger partial charge in [0.1, 0.15) is 17.2 Å². The normalized spacial score (nSPS) is 14.1. The van der Waals surface area contributed by atoms with Gasteiger partial charge in [-0.15, -0.1) is 0 Å². The maximum absolute atomic E-state index is 14.3. The van der Waals surface area contributed by atoms with E-state index in [0.717, 1.165) is 35.4 Å². The molecule has 0 bridgehead atoms. The SMILES string of the molecule is CCCCCCCCCCNc1ccccc1C1C=C(C)c2c(F)cccc21.O=C(O)c1cccc(C(F)(F)F)n1. The maximum atomic E-state index is 14.3. The number of carboxylic acids is 1. The van der Waals surface area contributed by atoms with Crippen molar-refractivity contribution in [3.63, 3.8) is 0 Å². The number of carboxylic acid groups (broad SMARTS) is 1. The Kier molecular flexibility index (Phi) is 11.9. The number of halogens is 4. The van der Waals surface area contributed by atoms with Gasteiger partial charge in [-0.2, -0.15) is 13.2 Å². The monoisotopic (exact) mass is 570 g/mol. The zero-order valence-electron chi connectivity index (χ0n) is 23.6. The number of nitrogens with one attached hydrogen (secondary N) is 1. The number of pyridine rings is 1. The Labute approximate surface area is 239 Å². The summed E-state index contributed by atoms with van der Waals surface area (Å²) in [5, 5.41) is 12.0. The lowest BCUT2D eigenvalue weighted by molar-refractivity contribution is -0.141. The van der Waals surface area contributed by atoms with E-state index in [1.54, 1.807) is 6.07 Å². The molecule has 1 heterocycles. The highest BCUT2D eigenvalue weighted by atomic mass is 19.4. The van der Waals surface area contributed by atoms with E-state index >= 15 is 0 Å². The lowest BCUT2D eigenvalue weighted by Crippen LogP contribution is -2.11. The third kappa shape index (κ3) is 9.17. The zero-order valence-corrected chi connectivity index (χ0v) is 23.6. The number of benzene rings is 2. The Hall–Kier alpha value is -3.68. The van der Waals surface area contributed by atoms with Crippen LogP contribution in [-0.4, -0.2) is 22.6 Å². The summed E-state index contributed by atoms with van der Waals surface area (Å²) >= 11 is 0. The third-order valence-corrected chi connectivity index (χ3v) is 7.09. The number of nitrogens with zero attached hydrogens (tertiary/aromatic N) is 1. The lowest BCUT2D eigenvalue weighted by atomic mass is 9.91. The summed E-state index contributed by atoms with van der Waals surface area (Å²) in [5.74, 6) is -1.46. The van der Waals surface area contributed by atoms with Crippen LogP contribution in [0.5, 0.6) is 0 Å². The molecule has 220 valence electrons. The van der Waals surface area contributed by atoms with Crippen LogP contribution in [0, 0.1) is 5.82 Å². The van der Waals surface area contributed by atoms with Gasteiger partial charge in [-0.3, -0.25) is 0 Å². The molecule has 4 rings (SSSR count). The summed E-state index contributed by atoms with van der Waals surface area (Å²) in [6.45, 7) is 5.27. The number of anilines is 1. The molecule has 0 amide bonds. The van der Waals surface area contributed by atoms with E-state index in [1.165, 1.54) is 62.6 Å². The van der Waals surface area contributed by atoms with Crippen LogP contribution >= 0.6 is 0 Å². The predicted octanol–water partition coefficient (Wildman–Crippen LogP) is 9.73. The van der Waals surface area contributed by atoms with Gasteiger partial charge in [-0.1, -0.05) is 94.3 Å². The number of alkyl halides is 3. The summed E-state index contributed by atoms with van der Waals surface area (Å²) in [6.07, 6.45) is 8.25. The topological polar surface area (TPSA) is 62.2 Å². The Bertz CT molecular complexity index is 1320. The van der Waals surface area contributed by atoms with Crippen LogP contribution in [0.1, 0.15) is 104 Å². The van der Waals surface area contributed by atoms with Crippen molar-refractivity contribution in [1.29, 1.82) is 0 Å². The summed E-state index contributed by atoms with van der Waals surface area (Å²) < 4.78 is 50.2. The molecule has 1 aliphatic rings. The molecule has 1 aliphatic carbocycles. The van der Waals surface area contributed by atoms with Gasteiger partial charge in [-0.05, 0) is 54.3 Å². The highest BCUT2D eigenvalue weighted by Gasteiger charge is 2.33. The predicted molar refractivity (Wildman–Crippen MR) is 156 cm³/mol. The third-order valence-electron chi connectivity index (χ3n) is 7.09. The highest BCUT2D eigenvalue weighted by Crippen LogP contribution is 2.43. The van der Waals surface area contributed by atoms with Crippen LogP contribution in [0.15, 0.2) is 66.7 Å². The molecule has 2 aromatic carbocycles. The molecule has 4 nitrogen and oxygen atoms in total. The molecular weight excluding hydrogens is 532 g/mol. The first kappa shape index (κ1) is 31.8. The summed E-state index contributed by atoms with van der Waals surface area (Å²) in [6, 6.07) is 16.6. The maximum Gasteiger partial charge on any atom is 0.433 e. The van der Waals surface area contributed by atoms with E-state index < -0.39 is 23.5 Å². The molecule has 8 heteroatoms. The molecule has 1 unspecified atom stereocenters. The van der Waals surface area contributed by atoms with Crippen molar-refractivity contribution >= 4 is 17.2 Å². The fourth-order valence-electron chi connectivity index (χ4n) is 5.02. The van der Waals surface area contributed by atoms with Crippen LogP contribution < -0.4 is 5.32 Å². The van der Waals surface area contributed by atoms with Gasteiger partial charge in [0, 0.05) is 23.7 Å². The molecule has 1 atom stereocenters. The van der Waals surface area contributed by atoms with E-state index in [4.69, 9.17) is 5.11 Å². The van der Waals surface area contributed by atoms with Crippen LogP contribution in [0.2, 0.25) is 0 Å². The second-order valence-corrected chi connectivity index (χ2v) is 10.2. The molecule has 0 saturated carbocycles. The molecule has 2 N–H and O–H groups in total. The van der Waals surface area contributed by atoms with Crippen LogP contribution in [0.3, 0.4) is 0 Å². The fourth-order valence-corrected chi connectivity index (χ4v) is 5.02. The van der Waals surface area contributed by atoms with Crippen LogP contribution in [0.4, 0.5) is 23.2 Å². The minimum absolute atomic E-state index is 0.113. The number of carbonyl (C=O) groups is 1. The standard InChI is InChI=1S/C26H34FN.C7H4F3NO2/c1-3-4-5-6-7-8-9-12-18-28-25-17-11-10-14-21(25)23-19-20(2)26-22(23)15-13-16-24(26)27;8-7(9,10)5-3-1-2-4(11-5)6(12)13/h10-11,13-17,19,23,28H,3-9,12,18H2,1-2H3;1-3H,(H,12,13). The Morgan fingerprint density at radius 2 is 1.51 bits per heavy atom. The number of para-hydroxylation sites is 1. The molecular formula is C33H38F4N2O2. The molecule has 0 radical (unpaired) electrons. The number of rotatable bonds is 12. The van der Waals surface area contributed by atoms with Gasteiger partial charge in [-0.25, -0.2) is 14.2 Å². The summed E-state index contributed by atoms with van der Waals surface area (Å²) in [7, 11) is 0. The Morgan fingerprint density at radius 3 is 2.20 bits per heavy atom. The first-order valence-corrected chi connectivity index (χ1v) is 14.2. The summed E-state index contributed by atoms with van der Waals surface area (Å²) in [5.41, 5.74) is 3.50. The van der Waals surface area contributed by atoms with Crippen molar-refractivity contribution in [3.05, 3.63) is 101 Å². The number of hydrogen-bond donors (Lipinski definition) is 2. The average Bonchev–Trinajstić information content (AvgIpc) is 3.29. The quantitative estimate of drug-likeness (QED) is 0.168. The van der Waals surface area contributed by atoms with E-state index in [1.807, 2.05) is 13.0 Å². The molecule has 1 aromatic heterocycles. The van der Waals surface area contributed by atoms with E-state index in [0.29, 0.717) is 6.07 Å². The fraction of sp³-hybridized carbons (Fsp3) is 0.394. The van der Waals surface area contributed by atoms with E-state index in [2.05, 4.69) is 53.6 Å². The van der Waals surface area contributed by atoms with E-state index in [9.17, 15) is 22.4 Å². The smallest absolute Gasteiger partial charge is 0.433 e. The second kappa shape index (κ2) is 15.4. The molecule has 3 aromatic rings. The lowest BCUT2D eigenvalue weighted by Gasteiger charge is -2.17. The Morgan fingerprint density at radius 1 is 0.878 bits per heavy atom. The number of aromatic nitrogens is 1. The molecule has 0 fully saturated rings. The highest BCUT2D eigenvalue weighted by molar-refractivity contribution is 5.85. The summed E-state index contributed by atoms with van der Waals surface area (Å²) in [4.78, 5) is 13.2. The number of fused-ring (bicyclic) bond motifs is 1. The van der Waals surface area contributed by atoms with Crippen molar-refractivity contribution in [2.24, 2.45) is 0 Å². The zero-order chi connectivity index (χ0) is 29.8. The van der Waals surface area contributed by atoms with Crippen molar-refractivity contribution in [3.8, 4) is 0 Å². The van der Waals surface area contributed by atoms with Gasteiger partial charge < -0.3 is 10.4 Å². The minimum atomic E-state index is -4.61. The van der Waals surface area contributed by atoms with Gasteiger partial charge in [0.25, 0.3) is 0 Å². The van der Waals surface area contributed by atoms with Gasteiger partial charge in [0.05, 0.1) is 0 Å². The average molecular weight is 571 g/mol. The van der Waals surface area contributed by atoms with Crippen LogP contribution in [-0.2, 0) is 6.18 Å². The van der Waals surface area contributed by atoms with Crippen molar-refractivity contribution < 1.29 is 27.5 Å². The van der Waals surface area contributed by atoms with Crippen molar-refractivity contribution in [2.75, 3.05) is 11.9 Å².